The van der Waals surface area contributed by atoms with Crippen molar-refractivity contribution in [1.82, 2.24) is 31.5 Å². The SMILES string of the molecule is CCCC(NC(=O)[C@@H]1[C@H]2CCC[C@H]2CN1C(=O)[C@@H](NC(=O)[C@@H](NC(=O)C1C#[N+]C=CN1)C(C)(C)C)C(C)(C)C)C(=O)C(=O)N[C@@H](C)C(C)C. The first-order chi connectivity index (χ1) is 22.8. The van der Waals surface area contributed by atoms with Crippen molar-refractivity contribution >= 4 is 35.3 Å². The number of ketones is 1. The molecule has 2 fully saturated rings. The average Bonchev–Trinajstić information content (AvgIpc) is 3.62. The molecule has 272 valence electrons. The quantitative estimate of drug-likeness (QED) is 0.186. The highest BCUT2D eigenvalue weighted by Gasteiger charge is 2.52. The van der Waals surface area contributed by atoms with E-state index in [1.807, 2.05) is 69.2 Å². The molecule has 0 spiro atoms. The van der Waals surface area contributed by atoms with E-state index in [1.165, 1.54) is 12.4 Å². The van der Waals surface area contributed by atoms with E-state index >= 15 is 0 Å². The number of nitrogens with one attached hydrogen (secondary N) is 5. The van der Waals surface area contributed by atoms with Crippen LogP contribution in [0.25, 0.3) is 4.85 Å². The molecule has 8 atom stereocenters. The Morgan fingerprint density at radius 2 is 1.55 bits per heavy atom. The number of carbonyl (C=O) groups is 6. The maximum atomic E-state index is 14.5. The molecule has 2 unspecified atom stereocenters. The van der Waals surface area contributed by atoms with Crippen LogP contribution in [-0.2, 0) is 28.8 Å². The summed E-state index contributed by atoms with van der Waals surface area (Å²) in [6.45, 7) is 18.9. The largest absolute Gasteiger partial charge is 0.359 e. The predicted molar refractivity (Wildman–Crippen MR) is 187 cm³/mol. The van der Waals surface area contributed by atoms with Crippen LogP contribution in [0.15, 0.2) is 12.4 Å². The Morgan fingerprint density at radius 1 is 0.898 bits per heavy atom. The van der Waals surface area contributed by atoms with Crippen molar-refractivity contribution in [2.75, 3.05) is 6.54 Å². The van der Waals surface area contributed by atoms with Crippen LogP contribution < -0.4 is 26.6 Å². The highest BCUT2D eigenvalue weighted by molar-refractivity contribution is 6.38. The van der Waals surface area contributed by atoms with E-state index in [0.29, 0.717) is 13.0 Å². The van der Waals surface area contributed by atoms with Crippen molar-refractivity contribution in [1.29, 1.82) is 0 Å². The molecule has 2 heterocycles. The number of carbonyl (C=O) groups excluding carboxylic acids is 6. The number of likely N-dealkylation sites (tertiary alicyclic amines) is 1. The van der Waals surface area contributed by atoms with Crippen LogP contribution in [0.5, 0.6) is 0 Å². The highest BCUT2D eigenvalue weighted by Crippen LogP contribution is 2.43. The van der Waals surface area contributed by atoms with E-state index in [2.05, 4.69) is 37.5 Å². The summed E-state index contributed by atoms with van der Waals surface area (Å²) >= 11 is 0. The number of rotatable bonds is 13. The fourth-order valence-electron chi connectivity index (χ4n) is 6.69. The molecule has 0 bridgehead atoms. The zero-order chi connectivity index (χ0) is 36.8. The van der Waals surface area contributed by atoms with Gasteiger partial charge < -0.3 is 31.5 Å². The fourth-order valence-corrected chi connectivity index (χ4v) is 6.69. The average molecular weight is 685 g/mol. The molecule has 1 aliphatic carbocycles. The van der Waals surface area contributed by atoms with Crippen molar-refractivity contribution in [3.63, 3.8) is 0 Å². The van der Waals surface area contributed by atoms with Crippen LogP contribution in [0.2, 0.25) is 0 Å². The molecule has 3 rings (SSSR count). The molecule has 0 radical (unpaired) electrons. The van der Waals surface area contributed by atoms with Crippen molar-refractivity contribution < 1.29 is 28.8 Å². The molecule has 2 aliphatic heterocycles. The summed E-state index contributed by atoms with van der Waals surface area (Å²) in [7, 11) is 0. The van der Waals surface area contributed by atoms with Crippen LogP contribution in [0.1, 0.15) is 101 Å². The van der Waals surface area contributed by atoms with E-state index in [4.69, 9.17) is 0 Å². The van der Waals surface area contributed by atoms with Gasteiger partial charge in [-0.2, -0.15) is 0 Å². The van der Waals surface area contributed by atoms with E-state index in [-0.39, 0.29) is 30.2 Å². The molecule has 0 aromatic heterocycles. The molecule has 1 saturated carbocycles. The van der Waals surface area contributed by atoms with Gasteiger partial charge in [-0.05, 0) is 59.6 Å². The number of nitrogens with zero attached hydrogens (tertiary/aromatic N) is 2. The first-order valence-corrected chi connectivity index (χ1v) is 17.7. The predicted octanol–water partition coefficient (Wildman–Crippen LogP) is 2.47. The number of amides is 5. The third-order valence-electron chi connectivity index (χ3n) is 9.93. The lowest BCUT2D eigenvalue weighted by atomic mass is 9.82. The molecular weight excluding hydrogens is 626 g/mol. The maximum absolute atomic E-state index is 14.5. The van der Waals surface area contributed by atoms with Gasteiger partial charge >= 0.3 is 12.3 Å². The molecule has 5 N–H and O–H groups in total. The molecule has 0 aromatic carbocycles. The van der Waals surface area contributed by atoms with Crippen LogP contribution in [0, 0.1) is 34.7 Å². The van der Waals surface area contributed by atoms with Gasteiger partial charge in [0.1, 0.15) is 18.1 Å². The normalized spacial score (nSPS) is 23.9. The van der Waals surface area contributed by atoms with Gasteiger partial charge in [-0.25, -0.2) is 0 Å². The van der Waals surface area contributed by atoms with Gasteiger partial charge in [0, 0.05) is 12.6 Å². The van der Waals surface area contributed by atoms with Crippen molar-refractivity contribution in [2.24, 2.45) is 28.6 Å². The second-order valence-electron chi connectivity index (χ2n) is 16.3. The summed E-state index contributed by atoms with van der Waals surface area (Å²) in [6.07, 6.45) is 6.35. The lowest BCUT2D eigenvalue weighted by molar-refractivity contribution is -0.146. The Hall–Kier alpha value is -3.95. The maximum Gasteiger partial charge on any atom is 0.321 e. The summed E-state index contributed by atoms with van der Waals surface area (Å²) in [5, 5.41) is 14.2. The Kier molecular flexibility index (Phi) is 13.0. The van der Waals surface area contributed by atoms with Crippen LogP contribution in [0.3, 0.4) is 0 Å². The molecular formula is C36H58N7O6+. The lowest BCUT2D eigenvalue weighted by Gasteiger charge is -2.38. The molecule has 5 amide bonds. The number of Topliss-reactive ketones (excluding diaryl/α,β-unsaturated/α-hetero) is 1. The number of fused-ring (bicyclic) bond motifs is 1. The third-order valence-corrected chi connectivity index (χ3v) is 9.93. The van der Waals surface area contributed by atoms with E-state index in [0.717, 1.165) is 19.3 Å². The third kappa shape index (κ3) is 9.82. The summed E-state index contributed by atoms with van der Waals surface area (Å²) in [6, 6.07) is -2.36. The lowest BCUT2D eigenvalue weighted by Crippen LogP contribution is -2.63. The number of hydrogen-bond donors (Lipinski definition) is 5. The molecule has 3 aliphatic rings. The van der Waals surface area contributed by atoms with E-state index in [1.54, 1.807) is 4.90 Å². The standard InChI is InChI=1S/C36H57N7O6/c1-11-13-24(27(44)32(47)39-21(4)20(2)3)40-31(46)26-23-15-12-14-22(23)19-43(26)34(49)29(36(8,9)10)42-33(48)28(35(5,6)7)41-30(45)25-18-37-16-17-38-25/h16-17,20-26,28-29,38H,11-15,19H2,1-10H3,(H3-,39,40,41,42,45,46,47,48)/p+1/t21-,22-,23-,24?,25?,26-,28+,29+/m0/s1. The zero-order valence-electron chi connectivity index (χ0n) is 30.9. The first-order valence-electron chi connectivity index (χ1n) is 17.7. The minimum absolute atomic E-state index is 0.100. The van der Waals surface area contributed by atoms with Crippen LogP contribution >= 0.6 is 0 Å². The summed E-state index contributed by atoms with van der Waals surface area (Å²) in [5.41, 5.74) is -1.49. The Balaban J connectivity index is 1.86. The fraction of sp³-hybridized carbons (Fsp3) is 0.750. The van der Waals surface area contributed by atoms with Gasteiger partial charge in [0.2, 0.25) is 29.5 Å². The Morgan fingerprint density at radius 3 is 2.10 bits per heavy atom. The van der Waals surface area contributed by atoms with Gasteiger partial charge in [-0.1, -0.05) is 75.2 Å². The van der Waals surface area contributed by atoms with E-state index in [9.17, 15) is 28.8 Å². The van der Waals surface area contributed by atoms with Crippen molar-refractivity contribution in [3.8, 4) is 6.07 Å². The number of hydrogen-bond acceptors (Lipinski definition) is 7. The molecule has 13 heteroatoms. The van der Waals surface area contributed by atoms with E-state index < -0.39 is 76.4 Å². The summed E-state index contributed by atoms with van der Waals surface area (Å²) < 4.78 is 0. The first kappa shape index (κ1) is 39.5. The van der Waals surface area contributed by atoms with Gasteiger partial charge in [-0.3, -0.25) is 28.8 Å². The zero-order valence-corrected chi connectivity index (χ0v) is 30.9. The monoisotopic (exact) mass is 684 g/mol. The van der Waals surface area contributed by atoms with Crippen LogP contribution in [-0.4, -0.2) is 83.0 Å². The molecule has 49 heavy (non-hydrogen) atoms. The van der Waals surface area contributed by atoms with Crippen LogP contribution in [0.4, 0.5) is 0 Å². The second-order valence-corrected chi connectivity index (χ2v) is 16.3. The van der Waals surface area contributed by atoms with Gasteiger partial charge in [0.15, 0.2) is 0 Å². The second kappa shape index (κ2) is 16.2. The summed E-state index contributed by atoms with van der Waals surface area (Å²) in [4.78, 5) is 87.2. The minimum Gasteiger partial charge on any atom is -0.359 e. The molecule has 0 aromatic rings. The van der Waals surface area contributed by atoms with Gasteiger partial charge in [0.25, 0.3) is 11.8 Å². The highest BCUT2D eigenvalue weighted by atomic mass is 16.2. The Bertz CT molecular complexity index is 1370. The topological polar surface area (TPSA) is 170 Å². The van der Waals surface area contributed by atoms with Crippen molar-refractivity contribution in [3.05, 3.63) is 17.2 Å². The summed E-state index contributed by atoms with van der Waals surface area (Å²) in [5.74, 6) is -3.23. The molecule has 13 nitrogen and oxygen atoms in total. The van der Waals surface area contributed by atoms with Gasteiger partial charge in [-0.15, -0.1) is 0 Å². The Labute approximate surface area is 291 Å². The minimum atomic E-state index is -1.03. The van der Waals surface area contributed by atoms with Crippen molar-refractivity contribution in [2.45, 2.75) is 138 Å². The van der Waals surface area contributed by atoms with Gasteiger partial charge in [0.05, 0.1) is 12.2 Å². The molecule has 1 saturated heterocycles. The smallest absolute Gasteiger partial charge is 0.321 e.